The average Bonchev–Trinajstić information content (AvgIpc) is 3.24. The fourth-order valence-electron chi connectivity index (χ4n) is 3.68. The Hall–Kier alpha value is -5.79. The van der Waals surface area contributed by atoms with Gasteiger partial charge in [-0.05, 0) is 49.7 Å². The van der Waals surface area contributed by atoms with Crippen LogP contribution in [-0.4, -0.2) is 48.0 Å². The molecule has 4 rings (SSSR count). The van der Waals surface area contributed by atoms with Gasteiger partial charge in [0, 0.05) is 18.7 Å². The van der Waals surface area contributed by atoms with Gasteiger partial charge in [-0.3, -0.25) is 19.1 Å². The molecule has 0 unspecified atom stereocenters. The highest BCUT2D eigenvalue weighted by molar-refractivity contribution is 6.08. The van der Waals surface area contributed by atoms with Gasteiger partial charge in [0.05, 0.1) is 23.2 Å². The summed E-state index contributed by atoms with van der Waals surface area (Å²) >= 11 is 0. The lowest BCUT2D eigenvalue weighted by Crippen LogP contribution is -2.20. The minimum absolute atomic E-state index is 0.00190. The molecule has 2 aromatic carbocycles. The van der Waals surface area contributed by atoms with Crippen LogP contribution in [0, 0.1) is 6.92 Å². The van der Waals surface area contributed by atoms with Crippen molar-refractivity contribution in [1.29, 1.82) is 0 Å². The maximum atomic E-state index is 12.3. The van der Waals surface area contributed by atoms with Gasteiger partial charge in [-0.15, -0.1) is 0 Å². The zero-order chi connectivity index (χ0) is 31.1. The summed E-state index contributed by atoms with van der Waals surface area (Å²) in [7, 11) is 1.57. The number of carbonyl (C=O) groups is 3. The molecular weight excluding hydrogens is 552 g/mol. The van der Waals surface area contributed by atoms with Crippen molar-refractivity contribution < 1.29 is 44.0 Å². The van der Waals surface area contributed by atoms with Crippen LogP contribution in [0.2, 0.25) is 0 Å². The van der Waals surface area contributed by atoms with Crippen LogP contribution in [0.1, 0.15) is 56.0 Å². The lowest BCUT2D eigenvalue weighted by molar-refractivity contribution is 0.0726. The van der Waals surface area contributed by atoms with Crippen molar-refractivity contribution in [3.05, 3.63) is 87.2 Å². The molecule has 7 N–H and O–H groups in total. The number of phenolic OH excluding ortho intramolecular Hbond substituents is 4. The summed E-state index contributed by atoms with van der Waals surface area (Å²) in [6, 6.07) is 8.26. The van der Waals surface area contributed by atoms with Crippen LogP contribution in [0.3, 0.4) is 0 Å². The number of rotatable bonds is 7. The lowest BCUT2D eigenvalue weighted by atomic mass is 10.1. The topological polar surface area (TPSA) is 227 Å². The number of aromatic nitrogens is 2. The van der Waals surface area contributed by atoms with E-state index in [1.165, 1.54) is 36.1 Å². The van der Waals surface area contributed by atoms with Crippen molar-refractivity contribution in [2.45, 2.75) is 26.7 Å². The van der Waals surface area contributed by atoms with Gasteiger partial charge >= 0.3 is 5.97 Å². The molecule has 14 nitrogen and oxygen atoms in total. The summed E-state index contributed by atoms with van der Waals surface area (Å²) < 4.78 is 11.2. The summed E-state index contributed by atoms with van der Waals surface area (Å²) in [5.74, 6) is -3.67. The van der Waals surface area contributed by atoms with Gasteiger partial charge in [-0.2, -0.15) is 5.10 Å². The number of benzene rings is 2. The Morgan fingerprint density at radius 2 is 1.57 bits per heavy atom. The molecule has 0 fully saturated rings. The molecule has 0 radical (unpaired) electrons. The van der Waals surface area contributed by atoms with Crippen molar-refractivity contribution in [3.8, 4) is 28.7 Å². The number of anilines is 1. The quantitative estimate of drug-likeness (QED) is 0.137. The van der Waals surface area contributed by atoms with Crippen molar-refractivity contribution in [2.75, 3.05) is 5.32 Å². The van der Waals surface area contributed by atoms with Gasteiger partial charge in [0.2, 0.25) is 11.2 Å². The number of ether oxygens (including phenoxy) is 1. The maximum Gasteiger partial charge on any atom is 0.343 e. The van der Waals surface area contributed by atoms with Gasteiger partial charge in [0.15, 0.2) is 23.0 Å². The molecule has 0 aliphatic rings. The van der Waals surface area contributed by atoms with E-state index in [2.05, 4.69) is 10.4 Å². The highest BCUT2D eigenvalue weighted by Crippen LogP contribution is 2.27. The number of primary amides is 1. The Kier molecular flexibility index (Phi) is 9.55. The Morgan fingerprint density at radius 1 is 0.976 bits per heavy atom. The van der Waals surface area contributed by atoms with E-state index < -0.39 is 34.7 Å². The maximum absolute atomic E-state index is 12.3. The van der Waals surface area contributed by atoms with Crippen molar-refractivity contribution in [3.63, 3.8) is 0 Å². The summed E-state index contributed by atoms with van der Waals surface area (Å²) in [6.07, 6.45) is 2.54. The molecule has 14 heteroatoms. The number of nitrogens with one attached hydrogen (secondary N) is 1. The minimum Gasteiger partial charge on any atom is -0.504 e. The highest BCUT2D eigenvalue weighted by atomic mass is 16.5. The molecule has 4 aromatic rings. The van der Waals surface area contributed by atoms with Gasteiger partial charge in [0.25, 0.3) is 11.8 Å². The van der Waals surface area contributed by atoms with E-state index in [9.17, 15) is 34.5 Å². The minimum atomic E-state index is -0.836. The van der Waals surface area contributed by atoms with Crippen molar-refractivity contribution >= 4 is 23.5 Å². The Morgan fingerprint density at radius 3 is 2.12 bits per heavy atom. The third-order valence-electron chi connectivity index (χ3n) is 5.73. The van der Waals surface area contributed by atoms with E-state index in [1.54, 1.807) is 7.05 Å². The van der Waals surface area contributed by atoms with Gasteiger partial charge in [0.1, 0.15) is 11.5 Å². The summed E-state index contributed by atoms with van der Waals surface area (Å²) in [5, 5.41) is 44.0. The van der Waals surface area contributed by atoms with E-state index in [0.717, 1.165) is 30.7 Å². The fraction of sp³-hybridized carbons (Fsp3) is 0.179. The monoisotopic (exact) mass is 580 g/mol. The van der Waals surface area contributed by atoms with Gasteiger partial charge < -0.3 is 40.6 Å². The van der Waals surface area contributed by atoms with Crippen LogP contribution < -0.4 is 21.2 Å². The first-order chi connectivity index (χ1) is 19.8. The first-order valence-electron chi connectivity index (χ1n) is 12.4. The molecule has 0 saturated heterocycles. The Labute approximate surface area is 238 Å². The van der Waals surface area contributed by atoms with Crippen molar-refractivity contribution in [2.24, 2.45) is 12.8 Å². The summed E-state index contributed by atoms with van der Waals surface area (Å²) in [5.41, 5.74) is 5.92. The zero-order valence-corrected chi connectivity index (χ0v) is 22.7. The van der Waals surface area contributed by atoms with Crippen LogP contribution in [0.25, 0.3) is 0 Å². The Balaban J connectivity index is 0.000000235. The molecule has 0 bridgehead atoms. The molecule has 0 spiro atoms. The zero-order valence-electron chi connectivity index (χ0n) is 22.7. The third-order valence-corrected chi connectivity index (χ3v) is 5.73. The number of amides is 2. The number of carbonyl (C=O) groups excluding carboxylic acids is 3. The largest absolute Gasteiger partial charge is 0.504 e. The fourth-order valence-corrected chi connectivity index (χ4v) is 3.68. The number of aryl methyl sites for hydroxylation is 3. The van der Waals surface area contributed by atoms with Crippen LogP contribution in [0.5, 0.6) is 28.7 Å². The van der Waals surface area contributed by atoms with Crippen LogP contribution >= 0.6 is 0 Å². The number of hydrogen-bond acceptors (Lipinski definition) is 11. The predicted octanol–water partition coefficient (Wildman–Crippen LogP) is 2.71. The van der Waals surface area contributed by atoms with E-state index in [1.807, 2.05) is 6.92 Å². The molecule has 0 aliphatic heterocycles. The molecule has 42 heavy (non-hydrogen) atoms. The standard InChI is InChI=1S/C15H18N4O4.C13H10O6/c1-3-4-9-12(13(14(16)22)19(2)18-9)17-15(23)8-5-6-10(20)11(21)7-8;1-7-12(10(15)4-5-18-7)19-13(17)8-2-3-9(14)11(16)6-8/h5-7,20-21H,3-4H2,1-2H3,(H2,16,22)(H,17,23);2-6,14,16H,1H3. The second kappa shape index (κ2) is 13.0. The van der Waals surface area contributed by atoms with Gasteiger partial charge in [-0.25, -0.2) is 4.79 Å². The number of nitrogens with zero attached hydrogens (tertiary/aromatic N) is 2. The predicted molar refractivity (Wildman–Crippen MR) is 148 cm³/mol. The second-order valence-electron chi connectivity index (χ2n) is 8.83. The summed E-state index contributed by atoms with van der Waals surface area (Å²) in [6.45, 7) is 3.43. The van der Waals surface area contributed by atoms with Crippen molar-refractivity contribution in [1.82, 2.24) is 9.78 Å². The molecule has 2 aromatic heterocycles. The summed E-state index contributed by atoms with van der Waals surface area (Å²) in [4.78, 5) is 47.2. The smallest absolute Gasteiger partial charge is 0.343 e. The first kappa shape index (κ1) is 30.7. The SMILES string of the molecule is CCCc1nn(C)c(C(N)=O)c1NC(=O)c1ccc(O)c(O)c1.Cc1occc(=O)c1OC(=O)c1ccc(O)c(O)c1. The van der Waals surface area contributed by atoms with E-state index >= 15 is 0 Å². The van der Waals surface area contributed by atoms with Crippen LogP contribution in [0.4, 0.5) is 5.69 Å². The van der Waals surface area contributed by atoms with E-state index in [4.69, 9.17) is 20.0 Å². The number of aromatic hydroxyl groups is 4. The first-order valence-corrected chi connectivity index (χ1v) is 12.4. The molecule has 2 heterocycles. The third kappa shape index (κ3) is 7.04. The number of nitrogens with two attached hydrogens (primary N) is 1. The van der Waals surface area contributed by atoms with E-state index in [-0.39, 0.29) is 45.5 Å². The lowest BCUT2D eigenvalue weighted by Gasteiger charge is -2.08. The number of hydrogen-bond donors (Lipinski definition) is 6. The molecule has 2 amide bonds. The number of esters is 1. The van der Waals surface area contributed by atoms with Gasteiger partial charge in [-0.1, -0.05) is 13.3 Å². The van der Waals surface area contributed by atoms with E-state index in [0.29, 0.717) is 12.1 Å². The normalized spacial score (nSPS) is 10.4. The molecular formula is C28H28N4O10. The highest BCUT2D eigenvalue weighted by Gasteiger charge is 2.22. The second-order valence-corrected chi connectivity index (χ2v) is 8.83. The average molecular weight is 581 g/mol. The number of phenols is 4. The molecule has 220 valence electrons. The Bertz CT molecular complexity index is 1710. The van der Waals surface area contributed by atoms with Crippen LogP contribution in [-0.2, 0) is 13.5 Å². The van der Waals surface area contributed by atoms with Crippen LogP contribution in [0.15, 0.2) is 57.9 Å². The molecule has 0 aliphatic carbocycles. The molecule has 0 saturated carbocycles. The molecule has 0 atom stereocenters.